The average Bonchev–Trinajstić information content (AvgIpc) is 2.79. The molecule has 1 heterocycles. The Morgan fingerprint density at radius 3 is 3.07 bits per heavy atom. The van der Waals surface area contributed by atoms with Crippen LogP contribution in [-0.4, -0.2) is 10.1 Å². The Morgan fingerprint density at radius 1 is 1.64 bits per heavy atom. The molecule has 1 N–H and O–H groups in total. The Labute approximate surface area is 85.0 Å². The number of pyridine rings is 1. The van der Waals surface area contributed by atoms with E-state index in [9.17, 15) is 5.11 Å². The van der Waals surface area contributed by atoms with Gasteiger partial charge in [0.25, 0.3) is 0 Å². The lowest BCUT2D eigenvalue weighted by molar-refractivity contribution is 0.123. The van der Waals surface area contributed by atoms with Crippen LogP contribution in [0.15, 0.2) is 18.3 Å². The predicted molar refractivity (Wildman–Crippen MR) is 55.9 cm³/mol. The molecule has 14 heavy (non-hydrogen) atoms. The first-order valence-corrected chi connectivity index (χ1v) is 5.33. The molecule has 1 aromatic heterocycles. The molecule has 0 aliphatic heterocycles. The molecule has 76 valence electrons. The summed E-state index contributed by atoms with van der Waals surface area (Å²) in [6, 6.07) is 3.93. The third-order valence-corrected chi connectivity index (χ3v) is 3.13. The second kappa shape index (κ2) is 3.35. The van der Waals surface area contributed by atoms with E-state index in [0.29, 0.717) is 5.92 Å². The van der Waals surface area contributed by atoms with Gasteiger partial charge in [0.15, 0.2) is 0 Å². The molecule has 0 amide bonds. The van der Waals surface area contributed by atoms with Gasteiger partial charge < -0.3 is 5.11 Å². The summed E-state index contributed by atoms with van der Waals surface area (Å²) in [4.78, 5) is 4.29. The summed E-state index contributed by atoms with van der Waals surface area (Å²) >= 11 is 0. The van der Waals surface area contributed by atoms with Crippen LogP contribution >= 0.6 is 0 Å². The Morgan fingerprint density at radius 2 is 2.43 bits per heavy atom. The summed E-state index contributed by atoms with van der Waals surface area (Å²) in [6.07, 6.45) is 4.89. The highest BCUT2D eigenvalue weighted by molar-refractivity contribution is 5.30. The third-order valence-electron chi connectivity index (χ3n) is 3.13. The molecule has 2 heteroatoms. The van der Waals surface area contributed by atoms with Crippen molar-refractivity contribution < 1.29 is 5.11 Å². The molecule has 2 nitrogen and oxygen atoms in total. The van der Waals surface area contributed by atoms with Crippen LogP contribution in [0.2, 0.25) is 0 Å². The van der Waals surface area contributed by atoms with Crippen LogP contribution < -0.4 is 0 Å². The van der Waals surface area contributed by atoms with Crippen LogP contribution in [-0.2, 0) is 5.60 Å². The quantitative estimate of drug-likeness (QED) is 0.795. The topological polar surface area (TPSA) is 33.1 Å². The first-order valence-electron chi connectivity index (χ1n) is 5.33. The monoisotopic (exact) mass is 191 g/mol. The highest BCUT2D eigenvalue weighted by atomic mass is 16.3. The lowest BCUT2D eigenvalue weighted by Gasteiger charge is -2.11. The lowest BCUT2D eigenvalue weighted by Crippen LogP contribution is -2.12. The van der Waals surface area contributed by atoms with Gasteiger partial charge in [-0.2, -0.15) is 0 Å². The summed E-state index contributed by atoms with van der Waals surface area (Å²) in [7, 11) is 0. The van der Waals surface area contributed by atoms with Crippen molar-refractivity contribution in [2.75, 3.05) is 0 Å². The minimum absolute atomic E-state index is 0.432. The average molecular weight is 191 g/mol. The van der Waals surface area contributed by atoms with E-state index in [4.69, 9.17) is 0 Å². The molecule has 1 aliphatic rings. The first-order chi connectivity index (χ1) is 6.68. The number of hydrogen-bond acceptors (Lipinski definition) is 2. The van der Waals surface area contributed by atoms with Crippen LogP contribution in [0.25, 0.3) is 0 Å². The number of aromatic nitrogens is 1. The maximum absolute atomic E-state index is 10.3. The Hall–Kier alpha value is -0.890. The van der Waals surface area contributed by atoms with Gasteiger partial charge in [0.1, 0.15) is 5.60 Å². The molecule has 0 radical (unpaired) electrons. The zero-order chi connectivity index (χ0) is 10.2. The van der Waals surface area contributed by atoms with Gasteiger partial charge in [0, 0.05) is 6.20 Å². The number of aliphatic hydroxyl groups is 1. The molecular formula is C12H17NO. The zero-order valence-electron chi connectivity index (χ0n) is 8.83. The number of rotatable bonds is 3. The maximum Gasteiger partial charge on any atom is 0.110 e. The fraction of sp³-hybridized carbons (Fsp3) is 0.583. The summed E-state index contributed by atoms with van der Waals surface area (Å²) in [5, 5.41) is 10.3. The molecule has 1 aromatic rings. The smallest absolute Gasteiger partial charge is 0.110 e. The summed E-state index contributed by atoms with van der Waals surface area (Å²) in [5.74, 6) is 0.432. The molecule has 0 spiro atoms. The largest absolute Gasteiger partial charge is 0.383 e. The summed E-state index contributed by atoms with van der Waals surface area (Å²) in [5.41, 5.74) is 1.38. The lowest BCUT2D eigenvalue weighted by atomic mass is 10.1. The van der Waals surface area contributed by atoms with Gasteiger partial charge in [-0.05, 0) is 37.3 Å². The van der Waals surface area contributed by atoms with Crippen LogP contribution in [0.3, 0.4) is 0 Å². The molecular weight excluding hydrogens is 174 g/mol. The molecule has 0 aromatic carbocycles. The van der Waals surface area contributed by atoms with E-state index in [1.165, 1.54) is 0 Å². The van der Waals surface area contributed by atoms with Crippen LogP contribution in [0, 0.1) is 12.8 Å². The van der Waals surface area contributed by atoms with E-state index in [1.807, 2.05) is 19.1 Å². The molecule has 1 aliphatic carbocycles. The standard InChI is InChI=1S/C12H17NO/c1-3-5-10-8-12(10,14)11-9(2)6-4-7-13-11/h4,6-7,10,14H,3,5,8H2,1-2H3. The van der Waals surface area contributed by atoms with E-state index in [1.54, 1.807) is 6.20 Å². The molecule has 0 saturated heterocycles. The van der Waals surface area contributed by atoms with Crippen LogP contribution in [0.1, 0.15) is 37.4 Å². The van der Waals surface area contributed by atoms with Crippen molar-refractivity contribution in [2.45, 2.75) is 38.7 Å². The molecule has 2 atom stereocenters. The maximum atomic E-state index is 10.3. The van der Waals surface area contributed by atoms with Crippen molar-refractivity contribution in [3.63, 3.8) is 0 Å². The van der Waals surface area contributed by atoms with Crippen molar-refractivity contribution in [2.24, 2.45) is 5.92 Å². The van der Waals surface area contributed by atoms with Gasteiger partial charge in [0.2, 0.25) is 0 Å². The molecule has 0 bridgehead atoms. The molecule has 2 unspecified atom stereocenters. The van der Waals surface area contributed by atoms with Crippen molar-refractivity contribution in [3.8, 4) is 0 Å². The number of aryl methyl sites for hydroxylation is 1. The van der Waals surface area contributed by atoms with E-state index >= 15 is 0 Å². The van der Waals surface area contributed by atoms with Gasteiger partial charge in [-0.25, -0.2) is 0 Å². The number of hydrogen-bond donors (Lipinski definition) is 1. The second-order valence-electron chi connectivity index (χ2n) is 4.28. The highest BCUT2D eigenvalue weighted by Gasteiger charge is 2.54. The van der Waals surface area contributed by atoms with Gasteiger partial charge in [0.05, 0.1) is 5.69 Å². The first kappa shape index (κ1) is 9.66. The predicted octanol–water partition coefficient (Wildman–Crippen LogP) is 2.40. The van der Waals surface area contributed by atoms with Gasteiger partial charge >= 0.3 is 0 Å². The second-order valence-corrected chi connectivity index (χ2v) is 4.28. The zero-order valence-corrected chi connectivity index (χ0v) is 8.83. The van der Waals surface area contributed by atoms with E-state index in [2.05, 4.69) is 11.9 Å². The number of nitrogens with zero attached hydrogens (tertiary/aromatic N) is 1. The summed E-state index contributed by atoms with van der Waals surface area (Å²) < 4.78 is 0. The van der Waals surface area contributed by atoms with E-state index in [-0.39, 0.29) is 0 Å². The minimum atomic E-state index is -0.610. The fourth-order valence-corrected chi connectivity index (χ4v) is 2.23. The van der Waals surface area contributed by atoms with Crippen molar-refractivity contribution in [1.29, 1.82) is 0 Å². The molecule has 1 fully saturated rings. The Kier molecular flexibility index (Phi) is 2.31. The van der Waals surface area contributed by atoms with E-state index < -0.39 is 5.60 Å². The van der Waals surface area contributed by atoms with Crippen molar-refractivity contribution in [3.05, 3.63) is 29.6 Å². The molecule has 1 saturated carbocycles. The summed E-state index contributed by atoms with van der Waals surface area (Å²) in [6.45, 7) is 4.17. The molecule has 2 rings (SSSR count). The SMILES string of the molecule is CCCC1CC1(O)c1ncccc1C. The van der Waals surface area contributed by atoms with Crippen molar-refractivity contribution >= 4 is 0 Å². The van der Waals surface area contributed by atoms with Gasteiger partial charge in [-0.1, -0.05) is 19.4 Å². The van der Waals surface area contributed by atoms with E-state index in [0.717, 1.165) is 30.5 Å². The van der Waals surface area contributed by atoms with Gasteiger partial charge in [-0.15, -0.1) is 0 Å². The Balaban J connectivity index is 2.21. The Bertz CT molecular complexity index is 337. The fourth-order valence-electron chi connectivity index (χ4n) is 2.23. The third kappa shape index (κ3) is 1.44. The van der Waals surface area contributed by atoms with Crippen LogP contribution in [0.4, 0.5) is 0 Å². The normalized spacial score (nSPS) is 30.4. The minimum Gasteiger partial charge on any atom is -0.383 e. The van der Waals surface area contributed by atoms with Gasteiger partial charge in [-0.3, -0.25) is 4.98 Å². The van der Waals surface area contributed by atoms with Crippen LogP contribution in [0.5, 0.6) is 0 Å². The van der Waals surface area contributed by atoms with Crippen molar-refractivity contribution in [1.82, 2.24) is 4.98 Å². The highest BCUT2D eigenvalue weighted by Crippen LogP contribution is 2.54.